The fraction of sp³-hybridized carbons (Fsp3) is 0. The zero-order chi connectivity index (χ0) is 34.2. The quantitative estimate of drug-likeness (QED) is 0.181. The summed E-state index contributed by atoms with van der Waals surface area (Å²) in [4.78, 5) is 2.34. The van der Waals surface area contributed by atoms with Crippen LogP contribution in [-0.2, 0) is 0 Å². The van der Waals surface area contributed by atoms with Gasteiger partial charge in [-0.15, -0.1) is 11.3 Å². The van der Waals surface area contributed by atoms with Crippen LogP contribution in [0.3, 0.4) is 0 Å². The van der Waals surface area contributed by atoms with E-state index in [4.69, 9.17) is 8.83 Å². The van der Waals surface area contributed by atoms with Gasteiger partial charge in [0.2, 0.25) is 0 Å². The molecule has 0 amide bonds. The standard InChI is InChI=1S/C48H29NO2S/c1-2-11-30(12-3-1)35-16-8-17-37-38-18-9-19-41(48(38)51-47(35)37)49(33-27-28-45-40(29-33)36-13-5-7-22-44(36)52-45)32-25-23-31(24-26-32)34-15-10-21-43-46(34)39-14-4-6-20-42(39)50-43/h1-29H. The first kappa shape index (κ1) is 29.1. The number of thiophene rings is 1. The average Bonchev–Trinajstić information content (AvgIpc) is 3.90. The molecule has 0 spiro atoms. The fourth-order valence-electron chi connectivity index (χ4n) is 7.91. The Morgan fingerprint density at radius 2 is 1.02 bits per heavy atom. The van der Waals surface area contributed by atoms with Crippen molar-refractivity contribution in [3.63, 3.8) is 0 Å². The van der Waals surface area contributed by atoms with E-state index in [9.17, 15) is 0 Å². The Bertz CT molecular complexity index is 3130. The molecule has 3 heterocycles. The average molecular weight is 684 g/mol. The number of hydrogen-bond acceptors (Lipinski definition) is 4. The molecule has 0 aliphatic heterocycles. The topological polar surface area (TPSA) is 29.5 Å². The first-order valence-corrected chi connectivity index (χ1v) is 18.3. The van der Waals surface area contributed by atoms with Gasteiger partial charge in [-0.3, -0.25) is 0 Å². The van der Waals surface area contributed by atoms with Gasteiger partial charge in [0.25, 0.3) is 0 Å². The molecule has 8 aromatic carbocycles. The molecule has 3 aromatic heterocycles. The summed E-state index contributed by atoms with van der Waals surface area (Å²) in [5.74, 6) is 0. The lowest BCUT2D eigenvalue weighted by molar-refractivity contribution is 0.669. The van der Waals surface area contributed by atoms with Gasteiger partial charge in [0.1, 0.15) is 16.7 Å². The molecule has 244 valence electrons. The normalized spacial score (nSPS) is 11.8. The molecule has 0 saturated carbocycles. The van der Waals surface area contributed by atoms with E-state index in [1.54, 1.807) is 0 Å². The maximum Gasteiger partial charge on any atom is 0.159 e. The molecule has 0 saturated heterocycles. The van der Waals surface area contributed by atoms with Crippen molar-refractivity contribution < 1.29 is 8.83 Å². The molecule has 0 unspecified atom stereocenters. The summed E-state index contributed by atoms with van der Waals surface area (Å²) in [7, 11) is 0. The van der Waals surface area contributed by atoms with Crippen LogP contribution in [0.5, 0.6) is 0 Å². The lowest BCUT2D eigenvalue weighted by Gasteiger charge is -2.26. The predicted octanol–water partition coefficient (Wildman–Crippen LogP) is 14.7. The third kappa shape index (κ3) is 4.45. The van der Waals surface area contributed by atoms with Crippen molar-refractivity contribution in [2.24, 2.45) is 0 Å². The van der Waals surface area contributed by atoms with E-state index in [0.29, 0.717) is 0 Å². The fourth-order valence-corrected chi connectivity index (χ4v) is 9.00. The van der Waals surface area contributed by atoms with Crippen molar-refractivity contribution in [3.8, 4) is 22.3 Å². The van der Waals surface area contributed by atoms with Crippen molar-refractivity contribution in [2.45, 2.75) is 0 Å². The Kier molecular flexibility index (Phi) is 6.42. The monoisotopic (exact) mass is 683 g/mol. The number of furan rings is 2. The van der Waals surface area contributed by atoms with Gasteiger partial charge in [-0.25, -0.2) is 0 Å². The first-order valence-electron chi connectivity index (χ1n) is 17.5. The lowest BCUT2D eigenvalue weighted by atomic mass is 9.99. The first-order chi connectivity index (χ1) is 25.8. The van der Waals surface area contributed by atoms with E-state index in [0.717, 1.165) is 83.2 Å². The van der Waals surface area contributed by atoms with Gasteiger partial charge in [-0.2, -0.15) is 0 Å². The molecule has 52 heavy (non-hydrogen) atoms. The van der Waals surface area contributed by atoms with Gasteiger partial charge in [-0.1, -0.05) is 121 Å². The minimum absolute atomic E-state index is 0.856. The van der Waals surface area contributed by atoms with E-state index >= 15 is 0 Å². The van der Waals surface area contributed by atoms with Gasteiger partial charge in [0, 0.05) is 58.7 Å². The largest absolute Gasteiger partial charge is 0.456 e. The van der Waals surface area contributed by atoms with Gasteiger partial charge in [0.15, 0.2) is 5.58 Å². The summed E-state index contributed by atoms with van der Waals surface area (Å²) in [5.41, 5.74) is 11.2. The van der Waals surface area contributed by atoms with E-state index in [2.05, 4.69) is 169 Å². The SMILES string of the molecule is c1ccc(-c2cccc3c2oc2c(N(c4ccc(-c5cccc6oc7ccccc7c56)cc4)c4ccc5sc6ccccc6c5c4)cccc23)cc1. The minimum atomic E-state index is 0.856. The van der Waals surface area contributed by atoms with E-state index in [1.165, 1.54) is 20.2 Å². The van der Waals surface area contributed by atoms with E-state index < -0.39 is 0 Å². The molecular formula is C48H29NO2S. The molecule has 4 heteroatoms. The number of benzene rings is 8. The van der Waals surface area contributed by atoms with Crippen LogP contribution < -0.4 is 4.90 Å². The molecule has 11 rings (SSSR count). The van der Waals surface area contributed by atoms with Crippen LogP contribution in [0.15, 0.2) is 185 Å². The molecule has 3 nitrogen and oxygen atoms in total. The summed E-state index contributed by atoms with van der Waals surface area (Å²) in [5, 5.41) is 6.98. The molecule has 0 aliphatic carbocycles. The van der Waals surface area contributed by atoms with Crippen molar-refractivity contribution in [2.75, 3.05) is 4.90 Å². The van der Waals surface area contributed by atoms with Crippen LogP contribution in [0.1, 0.15) is 0 Å². The second-order valence-corrected chi connectivity index (χ2v) is 14.3. The summed E-state index contributed by atoms with van der Waals surface area (Å²) in [6, 6.07) is 62.4. The van der Waals surface area contributed by atoms with Crippen molar-refractivity contribution in [3.05, 3.63) is 176 Å². The summed E-state index contributed by atoms with van der Waals surface area (Å²) in [6.07, 6.45) is 0. The highest BCUT2D eigenvalue weighted by molar-refractivity contribution is 7.25. The smallest absolute Gasteiger partial charge is 0.159 e. The van der Waals surface area contributed by atoms with Gasteiger partial charge >= 0.3 is 0 Å². The maximum absolute atomic E-state index is 6.96. The zero-order valence-electron chi connectivity index (χ0n) is 27.9. The van der Waals surface area contributed by atoms with Crippen LogP contribution in [-0.4, -0.2) is 0 Å². The van der Waals surface area contributed by atoms with Crippen LogP contribution in [0, 0.1) is 0 Å². The predicted molar refractivity (Wildman–Crippen MR) is 219 cm³/mol. The Hall–Kier alpha value is -6.62. The minimum Gasteiger partial charge on any atom is -0.456 e. The third-order valence-electron chi connectivity index (χ3n) is 10.3. The lowest BCUT2D eigenvalue weighted by Crippen LogP contribution is -2.10. The number of anilines is 3. The van der Waals surface area contributed by atoms with Crippen LogP contribution in [0.2, 0.25) is 0 Å². The molecule has 0 radical (unpaired) electrons. The second-order valence-electron chi connectivity index (χ2n) is 13.2. The molecule has 11 aromatic rings. The van der Waals surface area contributed by atoms with E-state index in [1.807, 2.05) is 23.5 Å². The maximum atomic E-state index is 6.96. The van der Waals surface area contributed by atoms with Crippen molar-refractivity contribution >= 4 is 92.4 Å². The number of rotatable bonds is 5. The number of nitrogens with zero attached hydrogens (tertiary/aromatic N) is 1. The Morgan fingerprint density at radius 3 is 1.90 bits per heavy atom. The summed E-state index contributed by atoms with van der Waals surface area (Å²) in [6.45, 7) is 0. The molecule has 0 aliphatic rings. The van der Waals surface area contributed by atoms with Crippen molar-refractivity contribution in [1.29, 1.82) is 0 Å². The summed E-state index contributed by atoms with van der Waals surface area (Å²) < 4.78 is 15.8. The Morgan fingerprint density at radius 1 is 0.385 bits per heavy atom. The molecular weight excluding hydrogens is 655 g/mol. The van der Waals surface area contributed by atoms with Crippen LogP contribution >= 0.6 is 11.3 Å². The number of para-hydroxylation sites is 3. The Labute approximate surface area is 303 Å². The highest BCUT2D eigenvalue weighted by Gasteiger charge is 2.22. The van der Waals surface area contributed by atoms with Crippen LogP contribution in [0.4, 0.5) is 17.1 Å². The molecule has 0 atom stereocenters. The summed E-state index contributed by atoms with van der Waals surface area (Å²) >= 11 is 1.84. The number of fused-ring (bicyclic) bond motifs is 9. The molecule has 0 fully saturated rings. The Balaban J connectivity index is 1.13. The van der Waals surface area contributed by atoms with Gasteiger partial charge in [0.05, 0.1) is 5.69 Å². The van der Waals surface area contributed by atoms with E-state index in [-0.39, 0.29) is 0 Å². The zero-order valence-corrected chi connectivity index (χ0v) is 28.7. The molecule has 0 N–H and O–H groups in total. The highest BCUT2D eigenvalue weighted by atomic mass is 32.1. The highest BCUT2D eigenvalue weighted by Crippen LogP contribution is 2.46. The van der Waals surface area contributed by atoms with Gasteiger partial charge < -0.3 is 13.7 Å². The van der Waals surface area contributed by atoms with Crippen LogP contribution in [0.25, 0.3) is 86.3 Å². The van der Waals surface area contributed by atoms with Gasteiger partial charge in [-0.05, 0) is 71.3 Å². The number of hydrogen-bond donors (Lipinski definition) is 0. The third-order valence-corrected chi connectivity index (χ3v) is 11.4. The van der Waals surface area contributed by atoms with Crippen molar-refractivity contribution in [1.82, 2.24) is 0 Å². The molecule has 0 bridgehead atoms. The second kappa shape index (κ2) is 11.5.